The first-order chi connectivity index (χ1) is 14.5. The smallest absolute Gasteiger partial charge is 0.381 e. The van der Waals surface area contributed by atoms with Gasteiger partial charge in [0.2, 0.25) is 15.9 Å². The number of sulfonamides is 1. The van der Waals surface area contributed by atoms with Crippen LogP contribution in [0.25, 0.3) is 0 Å². The zero-order chi connectivity index (χ0) is 22.8. The van der Waals surface area contributed by atoms with Crippen LogP contribution in [0.3, 0.4) is 0 Å². The molecule has 1 aromatic rings. The molecule has 2 heterocycles. The molecule has 1 atom stereocenters. The summed E-state index contributed by atoms with van der Waals surface area (Å²) in [5.41, 5.74) is -1.19. The number of carbonyl (C=O) groups is 1. The molecular formula is C20H26ClF3N2O4S. The molecule has 1 aromatic carbocycles. The fourth-order valence-corrected chi connectivity index (χ4v) is 5.77. The van der Waals surface area contributed by atoms with Gasteiger partial charge < -0.3 is 9.64 Å². The zero-order valence-electron chi connectivity index (χ0n) is 17.2. The number of halogens is 4. The molecule has 31 heavy (non-hydrogen) atoms. The lowest BCUT2D eigenvalue weighted by atomic mass is 9.96. The third kappa shape index (κ3) is 5.53. The van der Waals surface area contributed by atoms with Gasteiger partial charge in [-0.1, -0.05) is 11.6 Å². The molecule has 0 aliphatic carbocycles. The van der Waals surface area contributed by atoms with Crippen LogP contribution in [0, 0.1) is 11.8 Å². The van der Waals surface area contributed by atoms with Crippen LogP contribution in [-0.4, -0.2) is 62.9 Å². The van der Waals surface area contributed by atoms with E-state index in [1.165, 1.54) is 0 Å². The summed E-state index contributed by atoms with van der Waals surface area (Å²) >= 11 is 5.60. The molecule has 0 saturated carbocycles. The van der Waals surface area contributed by atoms with Crippen LogP contribution >= 0.6 is 11.6 Å². The number of rotatable bonds is 6. The molecule has 0 N–H and O–H groups in total. The molecule has 2 aliphatic heterocycles. The fraction of sp³-hybridized carbons (Fsp3) is 0.650. The van der Waals surface area contributed by atoms with Crippen LogP contribution in [0.15, 0.2) is 23.1 Å². The van der Waals surface area contributed by atoms with E-state index in [1.54, 1.807) is 4.90 Å². The summed E-state index contributed by atoms with van der Waals surface area (Å²) in [5, 5.41) is -0.553. The van der Waals surface area contributed by atoms with Crippen LogP contribution in [0.5, 0.6) is 0 Å². The van der Waals surface area contributed by atoms with Gasteiger partial charge in [-0.05, 0) is 44.4 Å². The van der Waals surface area contributed by atoms with E-state index in [2.05, 4.69) is 0 Å². The van der Waals surface area contributed by atoms with Crippen molar-refractivity contribution in [3.63, 3.8) is 0 Å². The molecule has 6 nitrogen and oxygen atoms in total. The standard InChI is InChI=1S/C20H26ClF3N2O4S/c1-2-25(12-14-7-10-30-13-14)19(27)15-5-8-26(9-6-15)31(28,29)16-3-4-18(21)17(11-16)20(22,23)24/h3-4,11,14-15H,2,5-10,12-13H2,1H3. The summed E-state index contributed by atoms with van der Waals surface area (Å²) in [5.74, 6) is 0.0130. The summed E-state index contributed by atoms with van der Waals surface area (Å²) in [4.78, 5) is 14.3. The van der Waals surface area contributed by atoms with Gasteiger partial charge in [0.15, 0.2) is 0 Å². The van der Waals surface area contributed by atoms with E-state index in [-0.39, 0.29) is 24.9 Å². The average molecular weight is 483 g/mol. The van der Waals surface area contributed by atoms with Gasteiger partial charge in [0.25, 0.3) is 0 Å². The van der Waals surface area contributed by atoms with Crippen LogP contribution in [0.4, 0.5) is 13.2 Å². The predicted molar refractivity (Wildman–Crippen MR) is 109 cm³/mol. The van der Waals surface area contributed by atoms with E-state index in [1.807, 2.05) is 6.92 Å². The third-order valence-corrected chi connectivity index (χ3v) is 8.10. The van der Waals surface area contributed by atoms with Gasteiger partial charge in [0.1, 0.15) is 0 Å². The molecule has 174 valence electrons. The summed E-state index contributed by atoms with van der Waals surface area (Å²) < 4.78 is 71.6. The molecule has 0 spiro atoms. The normalized spacial score (nSPS) is 21.4. The Morgan fingerprint density at radius 1 is 1.26 bits per heavy atom. The van der Waals surface area contributed by atoms with Crippen molar-refractivity contribution < 1.29 is 31.1 Å². The second kappa shape index (κ2) is 9.64. The highest BCUT2D eigenvalue weighted by atomic mass is 35.5. The van der Waals surface area contributed by atoms with Gasteiger partial charge in [0.05, 0.1) is 22.1 Å². The highest BCUT2D eigenvalue weighted by molar-refractivity contribution is 7.89. The van der Waals surface area contributed by atoms with E-state index >= 15 is 0 Å². The Morgan fingerprint density at radius 2 is 1.94 bits per heavy atom. The van der Waals surface area contributed by atoms with Gasteiger partial charge in [-0.2, -0.15) is 17.5 Å². The maximum atomic E-state index is 13.1. The Bertz CT molecular complexity index is 896. The van der Waals surface area contributed by atoms with Gasteiger partial charge in [-0.25, -0.2) is 8.42 Å². The third-order valence-electron chi connectivity index (χ3n) is 5.88. The molecule has 0 radical (unpaired) electrons. The number of ether oxygens (including phenoxy) is 1. The minimum atomic E-state index is -4.75. The molecule has 2 saturated heterocycles. The summed E-state index contributed by atoms with van der Waals surface area (Å²) in [6.07, 6.45) is -3.18. The van der Waals surface area contributed by atoms with E-state index in [0.717, 1.165) is 22.9 Å². The molecule has 0 bridgehead atoms. The van der Waals surface area contributed by atoms with E-state index in [9.17, 15) is 26.4 Å². The molecule has 1 amide bonds. The van der Waals surface area contributed by atoms with Crippen molar-refractivity contribution in [2.24, 2.45) is 11.8 Å². The van der Waals surface area contributed by atoms with Gasteiger partial charge in [-0.15, -0.1) is 0 Å². The first-order valence-electron chi connectivity index (χ1n) is 10.3. The molecule has 1 unspecified atom stereocenters. The van der Waals surface area contributed by atoms with Crippen molar-refractivity contribution in [2.45, 2.75) is 37.3 Å². The Labute approximate surface area is 185 Å². The number of carbonyl (C=O) groups excluding carboxylic acids is 1. The lowest BCUT2D eigenvalue weighted by molar-refractivity contribution is -0.138. The SMILES string of the molecule is CCN(CC1CCOC1)C(=O)C1CCN(S(=O)(=O)c2ccc(Cl)c(C(F)(F)F)c2)CC1. The number of hydrogen-bond donors (Lipinski definition) is 0. The molecule has 2 aliphatic rings. The number of piperidine rings is 1. The zero-order valence-corrected chi connectivity index (χ0v) is 18.8. The minimum absolute atomic E-state index is 0.00250. The van der Waals surface area contributed by atoms with Crippen LogP contribution in [0.2, 0.25) is 5.02 Å². The summed E-state index contributed by atoms with van der Waals surface area (Å²) in [7, 11) is -4.12. The lowest BCUT2D eigenvalue weighted by Gasteiger charge is -2.34. The Balaban J connectivity index is 1.66. The quantitative estimate of drug-likeness (QED) is 0.621. The Morgan fingerprint density at radius 3 is 2.48 bits per heavy atom. The molecule has 2 fully saturated rings. The first kappa shape index (κ1) is 24.3. The highest BCUT2D eigenvalue weighted by Gasteiger charge is 2.37. The number of hydrogen-bond acceptors (Lipinski definition) is 4. The average Bonchev–Trinajstić information content (AvgIpc) is 3.24. The summed E-state index contributed by atoms with van der Waals surface area (Å²) in [6, 6.07) is 2.59. The maximum Gasteiger partial charge on any atom is 0.417 e. The molecular weight excluding hydrogens is 457 g/mol. The van der Waals surface area contributed by atoms with Crippen molar-refractivity contribution in [1.82, 2.24) is 9.21 Å². The Hall–Kier alpha value is -1.36. The maximum absolute atomic E-state index is 13.1. The van der Waals surface area contributed by atoms with Crippen molar-refractivity contribution in [3.8, 4) is 0 Å². The Kier molecular flexibility index (Phi) is 7.55. The van der Waals surface area contributed by atoms with Crippen LogP contribution in [-0.2, 0) is 25.7 Å². The number of alkyl halides is 3. The first-order valence-corrected chi connectivity index (χ1v) is 12.1. The van der Waals surface area contributed by atoms with Gasteiger partial charge in [-0.3, -0.25) is 4.79 Å². The predicted octanol–water partition coefficient (Wildman–Crippen LogP) is 3.64. The van der Waals surface area contributed by atoms with Crippen LogP contribution < -0.4 is 0 Å². The van der Waals surface area contributed by atoms with Gasteiger partial charge >= 0.3 is 6.18 Å². The minimum Gasteiger partial charge on any atom is -0.381 e. The van der Waals surface area contributed by atoms with Crippen molar-refractivity contribution >= 4 is 27.5 Å². The second-order valence-electron chi connectivity index (χ2n) is 7.92. The second-order valence-corrected chi connectivity index (χ2v) is 10.3. The number of amides is 1. The molecule has 11 heteroatoms. The largest absolute Gasteiger partial charge is 0.417 e. The lowest BCUT2D eigenvalue weighted by Crippen LogP contribution is -2.45. The van der Waals surface area contributed by atoms with E-state index in [4.69, 9.17) is 16.3 Å². The van der Waals surface area contributed by atoms with E-state index in [0.29, 0.717) is 51.1 Å². The summed E-state index contributed by atoms with van der Waals surface area (Å²) in [6.45, 7) is 4.60. The van der Waals surface area contributed by atoms with Gasteiger partial charge in [0, 0.05) is 44.6 Å². The van der Waals surface area contributed by atoms with Crippen molar-refractivity contribution in [3.05, 3.63) is 28.8 Å². The molecule has 0 aromatic heterocycles. The van der Waals surface area contributed by atoms with Crippen LogP contribution in [0.1, 0.15) is 31.7 Å². The number of benzene rings is 1. The van der Waals surface area contributed by atoms with Crippen molar-refractivity contribution in [2.75, 3.05) is 39.4 Å². The molecule has 3 rings (SSSR count). The number of nitrogens with zero attached hydrogens (tertiary/aromatic N) is 2. The fourth-order valence-electron chi connectivity index (χ4n) is 4.05. The topological polar surface area (TPSA) is 66.9 Å². The van der Waals surface area contributed by atoms with Crippen molar-refractivity contribution in [1.29, 1.82) is 0 Å². The highest BCUT2D eigenvalue weighted by Crippen LogP contribution is 2.37. The monoisotopic (exact) mass is 482 g/mol. The van der Waals surface area contributed by atoms with E-state index < -0.39 is 31.7 Å².